The molecule has 0 bridgehead atoms. The SMILES string of the molecule is CCC(CC)C(c1ccc(Nc2nc3ccc(OC)cc3s2)cc1)n1ccnc1. The minimum absolute atomic E-state index is 0.302. The molecule has 1 unspecified atom stereocenters. The minimum Gasteiger partial charge on any atom is -0.497 e. The van der Waals surface area contributed by atoms with Crippen molar-refractivity contribution in [2.75, 3.05) is 12.4 Å². The average Bonchev–Trinajstić information content (AvgIpc) is 3.41. The summed E-state index contributed by atoms with van der Waals surface area (Å²) in [7, 11) is 1.68. The first-order valence-electron chi connectivity index (χ1n) is 10.0. The Morgan fingerprint density at radius 3 is 2.55 bits per heavy atom. The van der Waals surface area contributed by atoms with Crippen molar-refractivity contribution in [3.05, 3.63) is 66.7 Å². The van der Waals surface area contributed by atoms with Crippen molar-refractivity contribution < 1.29 is 4.74 Å². The number of aromatic nitrogens is 3. The number of rotatable bonds is 8. The number of fused-ring (bicyclic) bond motifs is 1. The maximum atomic E-state index is 5.31. The van der Waals surface area contributed by atoms with Crippen LogP contribution in [-0.4, -0.2) is 21.6 Å². The number of nitrogens with one attached hydrogen (secondary N) is 1. The van der Waals surface area contributed by atoms with E-state index in [0.717, 1.165) is 39.6 Å². The lowest BCUT2D eigenvalue weighted by molar-refractivity contribution is 0.355. The third-order valence-electron chi connectivity index (χ3n) is 5.44. The predicted molar refractivity (Wildman–Crippen MR) is 120 cm³/mol. The van der Waals surface area contributed by atoms with Gasteiger partial charge in [-0.15, -0.1) is 0 Å². The van der Waals surface area contributed by atoms with Crippen LogP contribution < -0.4 is 10.1 Å². The van der Waals surface area contributed by atoms with Gasteiger partial charge in [0.1, 0.15) is 5.75 Å². The van der Waals surface area contributed by atoms with Crippen molar-refractivity contribution in [3.8, 4) is 5.75 Å². The van der Waals surface area contributed by atoms with Crippen molar-refractivity contribution in [1.82, 2.24) is 14.5 Å². The Morgan fingerprint density at radius 2 is 1.90 bits per heavy atom. The molecule has 0 fully saturated rings. The summed E-state index contributed by atoms with van der Waals surface area (Å²) in [6.45, 7) is 4.52. The van der Waals surface area contributed by atoms with E-state index in [-0.39, 0.29) is 0 Å². The lowest BCUT2D eigenvalue weighted by Crippen LogP contribution is -2.19. The quantitative estimate of drug-likeness (QED) is 0.375. The Balaban J connectivity index is 1.56. The molecule has 0 amide bonds. The second-order valence-corrected chi connectivity index (χ2v) is 8.16. The Morgan fingerprint density at radius 1 is 1.10 bits per heavy atom. The molecule has 0 aliphatic carbocycles. The van der Waals surface area contributed by atoms with Gasteiger partial charge in [-0.1, -0.05) is 50.2 Å². The fourth-order valence-corrected chi connectivity index (χ4v) is 4.74. The highest BCUT2D eigenvalue weighted by atomic mass is 32.1. The molecule has 5 nitrogen and oxygen atoms in total. The molecule has 1 N–H and O–H groups in total. The molecule has 2 aromatic heterocycles. The van der Waals surface area contributed by atoms with E-state index in [1.54, 1.807) is 18.4 Å². The first-order chi connectivity index (χ1) is 14.2. The first-order valence-corrected chi connectivity index (χ1v) is 10.8. The van der Waals surface area contributed by atoms with Gasteiger partial charge in [0.05, 0.1) is 29.7 Å². The van der Waals surface area contributed by atoms with Crippen LogP contribution in [0.15, 0.2) is 61.2 Å². The molecule has 2 aromatic carbocycles. The lowest BCUT2D eigenvalue weighted by Gasteiger charge is -2.27. The van der Waals surface area contributed by atoms with Crippen LogP contribution in [0.1, 0.15) is 38.3 Å². The summed E-state index contributed by atoms with van der Waals surface area (Å²) in [5.41, 5.74) is 3.31. The zero-order chi connectivity index (χ0) is 20.2. The smallest absolute Gasteiger partial charge is 0.188 e. The molecule has 0 aliphatic heterocycles. The molecule has 2 heterocycles. The van der Waals surface area contributed by atoms with Crippen molar-refractivity contribution in [2.45, 2.75) is 32.7 Å². The van der Waals surface area contributed by atoms with E-state index in [4.69, 9.17) is 4.74 Å². The third kappa shape index (κ3) is 4.12. The van der Waals surface area contributed by atoms with Gasteiger partial charge in [-0.2, -0.15) is 0 Å². The zero-order valence-electron chi connectivity index (χ0n) is 17.0. The number of anilines is 2. The summed E-state index contributed by atoms with van der Waals surface area (Å²) in [6.07, 6.45) is 8.10. The summed E-state index contributed by atoms with van der Waals surface area (Å²) in [4.78, 5) is 8.94. The van der Waals surface area contributed by atoms with Crippen LogP contribution >= 0.6 is 11.3 Å². The Hall–Kier alpha value is -2.86. The van der Waals surface area contributed by atoms with Gasteiger partial charge < -0.3 is 14.6 Å². The topological polar surface area (TPSA) is 52.0 Å². The second-order valence-electron chi connectivity index (χ2n) is 7.13. The molecule has 1 atom stereocenters. The summed E-state index contributed by atoms with van der Waals surface area (Å²) in [6, 6.07) is 14.9. The Bertz CT molecular complexity index is 1050. The molecule has 0 saturated heterocycles. The van der Waals surface area contributed by atoms with Gasteiger partial charge in [0.15, 0.2) is 5.13 Å². The van der Waals surface area contributed by atoms with Crippen molar-refractivity contribution in [1.29, 1.82) is 0 Å². The van der Waals surface area contributed by atoms with Gasteiger partial charge in [0.25, 0.3) is 0 Å². The van der Waals surface area contributed by atoms with E-state index in [2.05, 4.69) is 64.2 Å². The highest BCUT2D eigenvalue weighted by Gasteiger charge is 2.22. The van der Waals surface area contributed by atoms with E-state index in [1.165, 1.54) is 5.56 Å². The predicted octanol–water partition coefficient (Wildman–Crippen LogP) is 6.27. The number of methoxy groups -OCH3 is 1. The van der Waals surface area contributed by atoms with Crippen LogP contribution in [0.5, 0.6) is 5.75 Å². The molecule has 29 heavy (non-hydrogen) atoms. The van der Waals surface area contributed by atoms with Gasteiger partial charge >= 0.3 is 0 Å². The maximum Gasteiger partial charge on any atom is 0.188 e. The molecule has 0 radical (unpaired) electrons. The van der Waals surface area contributed by atoms with E-state index < -0.39 is 0 Å². The Kier molecular flexibility index (Phi) is 5.81. The number of hydrogen-bond donors (Lipinski definition) is 1. The molecule has 0 aliphatic rings. The third-order valence-corrected chi connectivity index (χ3v) is 6.37. The molecule has 0 spiro atoms. The van der Waals surface area contributed by atoms with E-state index in [0.29, 0.717) is 12.0 Å². The molecular formula is C23H26N4OS. The van der Waals surface area contributed by atoms with Crippen molar-refractivity contribution >= 4 is 32.4 Å². The van der Waals surface area contributed by atoms with Crippen LogP contribution in [0.4, 0.5) is 10.8 Å². The largest absolute Gasteiger partial charge is 0.497 e. The van der Waals surface area contributed by atoms with Crippen molar-refractivity contribution in [2.24, 2.45) is 5.92 Å². The molecule has 4 aromatic rings. The monoisotopic (exact) mass is 406 g/mol. The highest BCUT2D eigenvalue weighted by Crippen LogP contribution is 2.34. The highest BCUT2D eigenvalue weighted by molar-refractivity contribution is 7.22. The first kappa shape index (κ1) is 19.5. The molecule has 4 rings (SSSR count). The number of benzene rings is 2. The standard InChI is InChI=1S/C23H26N4OS/c1-4-16(5-2)22(27-13-12-24-15-27)17-6-8-18(9-7-17)25-23-26-20-11-10-19(28-3)14-21(20)29-23/h6-16,22H,4-5H2,1-3H3,(H,25,26). The number of hydrogen-bond acceptors (Lipinski definition) is 5. The second kappa shape index (κ2) is 8.66. The van der Waals surface area contributed by atoms with E-state index in [9.17, 15) is 0 Å². The molecule has 150 valence electrons. The van der Waals surface area contributed by atoms with Gasteiger partial charge in [0, 0.05) is 18.1 Å². The fraction of sp³-hybridized carbons (Fsp3) is 0.304. The zero-order valence-corrected chi connectivity index (χ0v) is 17.8. The maximum absolute atomic E-state index is 5.31. The van der Waals surface area contributed by atoms with Crippen LogP contribution in [-0.2, 0) is 0 Å². The molecule has 0 saturated carbocycles. The van der Waals surface area contributed by atoms with Crippen LogP contribution in [0, 0.1) is 5.92 Å². The van der Waals surface area contributed by atoms with Crippen LogP contribution in [0.3, 0.4) is 0 Å². The van der Waals surface area contributed by atoms with Crippen molar-refractivity contribution in [3.63, 3.8) is 0 Å². The summed E-state index contributed by atoms with van der Waals surface area (Å²) >= 11 is 1.63. The molecule has 6 heteroatoms. The number of imidazole rings is 1. The average molecular weight is 407 g/mol. The normalized spacial score (nSPS) is 12.4. The van der Waals surface area contributed by atoms with Crippen LogP contribution in [0.25, 0.3) is 10.2 Å². The summed E-state index contributed by atoms with van der Waals surface area (Å²) < 4.78 is 8.64. The van der Waals surface area contributed by atoms with Gasteiger partial charge in [0.2, 0.25) is 0 Å². The minimum atomic E-state index is 0.302. The summed E-state index contributed by atoms with van der Waals surface area (Å²) in [5.74, 6) is 1.42. The van der Waals surface area contributed by atoms with Gasteiger partial charge in [-0.05, 0) is 41.8 Å². The van der Waals surface area contributed by atoms with Gasteiger partial charge in [-0.3, -0.25) is 0 Å². The Labute approximate surface area is 175 Å². The lowest BCUT2D eigenvalue weighted by atomic mass is 9.88. The summed E-state index contributed by atoms with van der Waals surface area (Å²) in [5, 5.41) is 4.32. The number of ether oxygens (including phenoxy) is 1. The van der Waals surface area contributed by atoms with Gasteiger partial charge in [-0.25, -0.2) is 9.97 Å². The fourth-order valence-electron chi connectivity index (χ4n) is 3.83. The molecular weight excluding hydrogens is 380 g/mol. The number of nitrogens with zero attached hydrogens (tertiary/aromatic N) is 3. The van der Waals surface area contributed by atoms with Crippen LogP contribution in [0.2, 0.25) is 0 Å². The van der Waals surface area contributed by atoms with E-state index in [1.807, 2.05) is 30.7 Å². The number of thiazole rings is 1. The van der Waals surface area contributed by atoms with E-state index >= 15 is 0 Å².